The summed E-state index contributed by atoms with van der Waals surface area (Å²) in [6.07, 6.45) is -0.654. The van der Waals surface area contributed by atoms with Gasteiger partial charge in [0.2, 0.25) is 0 Å². The van der Waals surface area contributed by atoms with Crippen LogP contribution < -0.4 is 5.32 Å². The minimum Gasteiger partial charge on any atom is -0.386 e. The maximum Gasteiger partial charge on any atom is 0.103 e. The molecule has 0 aliphatic heterocycles. The van der Waals surface area contributed by atoms with Gasteiger partial charge in [0.05, 0.1) is 5.37 Å². The average Bonchev–Trinajstić information content (AvgIpc) is 2.19. The van der Waals surface area contributed by atoms with Gasteiger partial charge in [-0.05, 0) is 5.56 Å². The van der Waals surface area contributed by atoms with Gasteiger partial charge in [-0.25, -0.2) is 0 Å². The van der Waals surface area contributed by atoms with Gasteiger partial charge >= 0.3 is 0 Å². The van der Waals surface area contributed by atoms with E-state index < -0.39 is 6.10 Å². The smallest absolute Gasteiger partial charge is 0.103 e. The third kappa shape index (κ3) is 4.12. The SMILES string of the molecule is OC([C]=S)CNCc1ccccc1. The highest BCUT2D eigenvalue weighted by Gasteiger charge is 1.97. The predicted molar refractivity (Wildman–Crippen MR) is 56.8 cm³/mol. The van der Waals surface area contributed by atoms with Gasteiger partial charge in [-0.15, -0.1) is 0 Å². The Hall–Kier alpha value is -0.770. The molecule has 0 amide bonds. The highest BCUT2D eigenvalue weighted by molar-refractivity contribution is 7.79. The van der Waals surface area contributed by atoms with Crippen LogP contribution in [0.2, 0.25) is 0 Å². The van der Waals surface area contributed by atoms with E-state index in [1.165, 1.54) is 5.56 Å². The molecule has 1 unspecified atom stereocenters. The van der Waals surface area contributed by atoms with E-state index in [0.717, 1.165) is 6.54 Å². The van der Waals surface area contributed by atoms with Crippen molar-refractivity contribution >= 4 is 17.6 Å². The van der Waals surface area contributed by atoms with Crippen molar-refractivity contribution in [1.82, 2.24) is 5.32 Å². The van der Waals surface area contributed by atoms with Crippen molar-refractivity contribution in [3.05, 3.63) is 35.9 Å². The summed E-state index contributed by atoms with van der Waals surface area (Å²) in [7, 11) is 0. The molecule has 2 N–H and O–H groups in total. The first kappa shape index (κ1) is 10.3. The third-order valence-corrected chi connectivity index (χ3v) is 1.92. The van der Waals surface area contributed by atoms with Crippen LogP contribution >= 0.6 is 12.2 Å². The lowest BCUT2D eigenvalue weighted by molar-refractivity contribution is 0.243. The Labute approximate surface area is 83.6 Å². The van der Waals surface area contributed by atoms with E-state index in [1.807, 2.05) is 30.3 Å². The first-order chi connectivity index (χ1) is 6.33. The number of rotatable bonds is 5. The summed E-state index contributed by atoms with van der Waals surface area (Å²) in [6, 6.07) is 10.0. The fourth-order valence-electron chi connectivity index (χ4n) is 0.991. The number of aliphatic hydroxyl groups is 1. The molecule has 1 aromatic carbocycles. The number of nitrogens with one attached hydrogen (secondary N) is 1. The van der Waals surface area contributed by atoms with Crippen molar-refractivity contribution in [3.8, 4) is 0 Å². The van der Waals surface area contributed by atoms with Gasteiger partial charge in [-0.2, -0.15) is 0 Å². The summed E-state index contributed by atoms with van der Waals surface area (Å²) < 4.78 is 0. The van der Waals surface area contributed by atoms with Crippen LogP contribution in [0.5, 0.6) is 0 Å². The van der Waals surface area contributed by atoms with Crippen LogP contribution in [0, 0.1) is 0 Å². The minimum absolute atomic E-state index is 0.457. The van der Waals surface area contributed by atoms with Crippen LogP contribution in [-0.4, -0.2) is 23.1 Å². The fraction of sp³-hybridized carbons (Fsp3) is 0.300. The third-order valence-electron chi connectivity index (χ3n) is 1.65. The number of aliphatic hydroxyl groups excluding tert-OH is 1. The topological polar surface area (TPSA) is 32.3 Å². The molecular weight excluding hydrogens is 182 g/mol. The molecule has 13 heavy (non-hydrogen) atoms. The van der Waals surface area contributed by atoms with E-state index in [0.29, 0.717) is 6.54 Å². The molecule has 0 spiro atoms. The molecule has 0 fully saturated rings. The molecule has 0 saturated heterocycles. The highest BCUT2D eigenvalue weighted by Crippen LogP contribution is 1.96. The van der Waals surface area contributed by atoms with Gasteiger partial charge in [0.15, 0.2) is 0 Å². The normalized spacial score (nSPS) is 12.4. The second-order valence-electron chi connectivity index (χ2n) is 2.75. The van der Waals surface area contributed by atoms with Crippen LogP contribution in [0.25, 0.3) is 0 Å². The minimum atomic E-state index is -0.654. The van der Waals surface area contributed by atoms with E-state index in [1.54, 1.807) is 0 Å². The number of hydrogen-bond donors (Lipinski definition) is 2. The Morgan fingerprint density at radius 1 is 1.38 bits per heavy atom. The van der Waals surface area contributed by atoms with E-state index in [4.69, 9.17) is 5.11 Å². The Morgan fingerprint density at radius 2 is 2.08 bits per heavy atom. The van der Waals surface area contributed by atoms with Gasteiger partial charge in [0.1, 0.15) is 6.10 Å². The molecule has 1 rings (SSSR count). The zero-order chi connectivity index (χ0) is 9.52. The molecule has 0 heterocycles. The second kappa shape index (κ2) is 5.80. The Kier molecular flexibility index (Phi) is 4.60. The molecule has 2 nitrogen and oxygen atoms in total. The summed E-state index contributed by atoms with van der Waals surface area (Å²) in [5.41, 5.74) is 1.19. The number of benzene rings is 1. The monoisotopic (exact) mass is 194 g/mol. The Morgan fingerprint density at radius 3 is 2.69 bits per heavy atom. The lowest BCUT2D eigenvalue weighted by Crippen LogP contribution is -2.26. The maximum atomic E-state index is 9.06. The molecule has 0 aromatic heterocycles. The van der Waals surface area contributed by atoms with Gasteiger partial charge in [0.25, 0.3) is 0 Å². The quantitative estimate of drug-likeness (QED) is 0.686. The Balaban J connectivity index is 2.24. The predicted octanol–water partition coefficient (Wildman–Crippen LogP) is 1.01. The van der Waals surface area contributed by atoms with E-state index in [9.17, 15) is 0 Å². The fourth-order valence-corrected chi connectivity index (χ4v) is 1.07. The van der Waals surface area contributed by atoms with Gasteiger partial charge < -0.3 is 10.4 Å². The molecule has 0 aliphatic rings. The summed E-state index contributed by atoms with van der Waals surface area (Å²) in [5.74, 6) is 0. The second-order valence-corrected chi connectivity index (χ2v) is 2.99. The molecule has 0 saturated carbocycles. The van der Waals surface area contributed by atoms with Gasteiger partial charge in [0, 0.05) is 13.1 Å². The summed E-state index contributed by atoms with van der Waals surface area (Å²) >= 11 is 4.46. The molecule has 0 aliphatic carbocycles. The first-order valence-corrected chi connectivity index (χ1v) is 4.54. The lowest BCUT2D eigenvalue weighted by atomic mass is 10.2. The number of hydrogen-bond acceptors (Lipinski definition) is 3. The van der Waals surface area contributed by atoms with E-state index in [2.05, 4.69) is 22.9 Å². The molecule has 1 aromatic rings. The molecule has 3 heteroatoms. The molecule has 69 valence electrons. The Bertz CT molecular complexity index is 250. The zero-order valence-corrected chi connectivity index (χ0v) is 8.05. The zero-order valence-electron chi connectivity index (χ0n) is 7.23. The maximum absolute atomic E-state index is 9.06. The largest absolute Gasteiger partial charge is 0.386 e. The van der Waals surface area contributed by atoms with Crippen LogP contribution in [-0.2, 0) is 6.54 Å². The van der Waals surface area contributed by atoms with Gasteiger partial charge in [-0.1, -0.05) is 42.5 Å². The van der Waals surface area contributed by atoms with Crippen LogP contribution in [0.4, 0.5) is 0 Å². The van der Waals surface area contributed by atoms with Gasteiger partial charge in [-0.3, -0.25) is 0 Å². The standard InChI is InChI=1S/C10H12NOS/c12-10(8-13)7-11-6-9-4-2-1-3-5-9/h1-5,10-12H,6-7H2. The molecular formula is C10H12NOS. The van der Waals surface area contributed by atoms with Crippen molar-refractivity contribution in [2.45, 2.75) is 12.6 Å². The van der Waals surface area contributed by atoms with Crippen molar-refractivity contribution in [3.63, 3.8) is 0 Å². The van der Waals surface area contributed by atoms with E-state index >= 15 is 0 Å². The summed E-state index contributed by atoms with van der Waals surface area (Å²) in [5, 5.41) is 14.5. The summed E-state index contributed by atoms with van der Waals surface area (Å²) in [6.45, 7) is 1.20. The number of thiocarbonyl (C=S) groups is 1. The summed E-state index contributed by atoms with van der Waals surface area (Å²) in [4.78, 5) is 0. The molecule has 0 bridgehead atoms. The van der Waals surface area contributed by atoms with Crippen LogP contribution in [0.1, 0.15) is 5.56 Å². The van der Waals surface area contributed by atoms with Crippen LogP contribution in [0.3, 0.4) is 0 Å². The van der Waals surface area contributed by atoms with Crippen molar-refractivity contribution in [2.75, 3.05) is 6.54 Å². The first-order valence-electron chi connectivity index (χ1n) is 4.13. The van der Waals surface area contributed by atoms with Crippen LogP contribution in [0.15, 0.2) is 30.3 Å². The lowest BCUT2D eigenvalue weighted by Gasteiger charge is -2.05. The highest BCUT2D eigenvalue weighted by atomic mass is 32.1. The molecule has 1 radical (unpaired) electrons. The van der Waals surface area contributed by atoms with Crippen molar-refractivity contribution in [1.29, 1.82) is 0 Å². The van der Waals surface area contributed by atoms with Crippen molar-refractivity contribution in [2.24, 2.45) is 0 Å². The average molecular weight is 194 g/mol. The van der Waals surface area contributed by atoms with Crippen molar-refractivity contribution < 1.29 is 5.11 Å². The van der Waals surface area contributed by atoms with E-state index in [-0.39, 0.29) is 0 Å². The molecule has 1 atom stereocenters.